The fourth-order valence-corrected chi connectivity index (χ4v) is 2.81. The number of rotatable bonds is 6. The number of methoxy groups -OCH3 is 1. The molecule has 0 aliphatic carbocycles. The Hall–Kier alpha value is -1.59. The summed E-state index contributed by atoms with van der Waals surface area (Å²) >= 11 is 6.13. The van der Waals surface area contributed by atoms with E-state index in [1.807, 2.05) is 19.1 Å². The van der Waals surface area contributed by atoms with Gasteiger partial charge >= 0.3 is 0 Å². The van der Waals surface area contributed by atoms with Crippen LogP contribution in [0.5, 0.6) is 0 Å². The van der Waals surface area contributed by atoms with Gasteiger partial charge in [-0.1, -0.05) is 30.7 Å². The molecule has 2 atom stereocenters. The van der Waals surface area contributed by atoms with Gasteiger partial charge in [0.15, 0.2) is 0 Å². The van der Waals surface area contributed by atoms with Crippen LogP contribution >= 0.6 is 11.6 Å². The molecule has 0 saturated carbocycles. The molecule has 120 valence electrons. The number of nitrogens with zero attached hydrogens (tertiary/aromatic N) is 1. The molecule has 1 N–H and O–H groups in total. The fourth-order valence-electron chi connectivity index (χ4n) is 2.57. The van der Waals surface area contributed by atoms with Crippen molar-refractivity contribution in [1.29, 1.82) is 0 Å². The second-order valence-electron chi connectivity index (χ2n) is 5.43. The quantitative estimate of drug-likeness (QED) is 0.873. The van der Waals surface area contributed by atoms with E-state index in [9.17, 15) is 9.59 Å². The lowest BCUT2D eigenvalue weighted by Crippen LogP contribution is -2.41. The van der Waals surface area contributed by atoms with Crippen LogP contribution in [0, 0.1) is 5.92 Å². The average Bonchev–Trinajstić information content (AvgIpc) is 2.89. The lowest BCUT2D eigenvalue weighted by Gasteiger charge is -2.20. The van der Waals surface area contributed by atoms with E-state index in [1.54, 1.807) is 24.1 Å². The Kier molecular flexibility index (Phi) is 5.80. The lowest BCUT2D eigenvalue weighted by molar-refractivity contribution is -0.127. The number of nitrogens with one attached hydrogen (secondary N) is 1. The predicted molar refractivity (Wildman–Crippen MR) is 86.0 cm³/mol. The maximum Gasteiger partial charge on any atom is 0.227 e. The van der Waals surface area contributed by atoms with Crippen LogP contribution in [0.1, 0.15) is 19.8 Å². The topological polar surface area (TPSA) is 58.6 Å². The van der Waals surface area contributed by atoms with Gasteiger partial charge in [0.25, 0.3) is 0 Å². The third-order valence-corrected chi connectivity index (χ3v) is 4.17. The van der Waals surface area contributed by atoms with Gasteiger partial charge in [-0.05, 0) is 18.6 Å². The van der Waals surface area contributed by atoms with E-state index in [0.717, 1.165) is 6.42 Å². The maximum atomic E-state index is 12.3. The third kappa shape index (κ3) is 3.78. The maximum absolute atomic E-state index is 12.3. The summed E-state index contributed by atoms with van der Waals surface area (Å²) in [6, 6.07) is 7.14. The summed E-state index contributed by atoms with van der Waals surface area (Å²) in [5.74, 6) is -0.533. The summed E-state index contributed by atoms with van der Waals surface area (Å²) in [6.07, 6.45) is 0.995. The third-order valence-electron chi connectivity index (χ3n) is 3.85. The van der Waals surface area contributed by atoms with Gasteiger partial charge in [0, 0.05) is 20.1 Å². The minimum Gasteiger partial charge on any atom is -0.383 e. The number of para-hydroxylation sites is 1. The molecule has 6 heteroatoms. The number of amides is 2. The number of halogens is 1. The SMILES string of the molecule is CCC(COC)NC(=O)C1CC(=O)N(c2ccccc2Cl)C1. The zero-order valence-electron chi connectivity index (χ0n) is 12.8. The van der Waals surface area contributed by atoms with Crippen molar-refractivity contribution in [2.24, 2.45) is 5.92 Å². The van der Waals surface area contributed by atoms with Crippen LogP contribution in [0.2, 0.25) is 5.02 Å². The van der Waals surface area contributed by atoms with Crippen LogP contribution in [0.15, 0.2) is 24.3 Å². The van der Waals surface area contributed by atoms with Crippen LogP contribution in [-0.4, -0.2) is 38.1 Å². The van der Waals surface area contributed by atoms with E-state index in [0.29, 0.717) is 23.9 Å². The van der Waals surface area contributed by atoms with Crippen molar-refractivity contribution in [2.75, 3.05) is 25.2 Å². The molecule has 22 heavy (non-hydrogen) atoms. The Morgan fingerprint density at radius 2 is 2.23 bits per heavy atom. The molecule has 0 radical (unpaired) electrons. The molecule has 2 rings (SSSR count). The Labute approximate surface area is 135 Å². The van der Waals surface area contributed by atoms with E-state index >= 15 is 0 Å². The molecule has 0 bridgehead atoms. The molecule has 1 fully saturated rings. The first kappa shape index (κ1) is 16.8. The van der Waals surface area contributed by atoms with Gasteiger partial charge in [-0.15, -0.1) is 0 Å². The molecular weight excluding hydrogens is 304 g/mol. The summed E-state index contributed by atoms with van der Waals surface area (Å²) in [5, 5.41) is 3.46. The molecule has 0 spiro atoms. The molecule has 1 heterocycles. The molecular formula is C16H21ClN2O3. The van der Waals surface area contributed by atoms with Gasteiger partial charge in [0.1, 0.15) is 0 Å². The molecule has 1 aliphatic rings. The summed E-state index contributed by atoms with van der Waals surface area (Å²) in [6.45, 7) is 2.81. The molecule has 2 unspecified atom stereocenters. The minimum atomic E-state index is -0.352. The number of benzene rings is 1. The van der Waals surface area contributed by atoms with Gasteiger partial charge < -0.3 is 15.0 Å². The summed E-state index contributed by atoms with van der Waals surface area (Å²) < 4.78 is 5.08. The molecule has 5 nitrogen and oxygen atoms in total. The first-order chi connectivity index (χ1) is 10.6. The van der Waals surface area contributed by atoms with Gasteiger partial charge in [0.05, 0.1) is 29.3 Å². The van der Waals surface area contributed by atoms with Crippen molar-refractivity contribution in [3.8, 4) is 0 Å². The van der Waals surface area contributed by atoms with E-state index in [2.05, 4.69) is 5.32 Å². The normalized spacial score (nSPS) is 19.3. The van der Waals surface area contributed by atoms with E-state index in [-0.39, 0.29) is 30.2 Å². The molecule has 1 saturated heterocycles. The van der Waals surface area contributed by atoms with E-state index in [4.69, 9.17) is 16.3 Å². The van der Waals surface area contributed by atoms with Gasteiger partial charge in [0.2, 0.25) is 11.8 Å². The average molecular weight is 325 g/mol. The lowest BCUT2D eigenvalue weighted by atomic mass is 10.1. The Morgan fingerprint density at radius 1 is 1.50 bits per heavy atom. The Morgan fingerprint density at radius 3 is 2.86 bits per heavy atom. The monoisotopic (exact) mass is 324 g/mol. The van der Waals surface area contributed by atoms with Crippen molar-refractivity contribution in [1.82, 2.24) is 5.32 Å². The van der Waals surface area contributed by atoms with Crippen LogP contribution in [0.3, 0.4) is 0 Å². The number of hydrogen-bond donors (Lipinski definition) is 1. The van der Waals surface area contributed by atoms with Crippen molar-refractivity contribution in [2.45, 2.75) is 25.8 Å². The highest BCUT2D eigenvalue weighted by Crippen LogP contribution is 2.31. The minimum absolute atomic E-state index is 0.0260. The molecule has 0 aromatic heterocycles. The van der Waals surface area contributed by atoms with Gasteiger partial charge in [-0.2, -0.15) is 0 Å². The number of carbonyl (C=O) groups excluding carboxylic acids is 2. The predicted octanol–water partition coefficient (Wildman–Crippen LogP) is 2.23. The Balaban J connectivity index is 2.03. The fraction of sp³-hybridized carbons (Fsp3) is 0.500. The first-order valence-corrected chi connectivity index (χ1v) is 7.78. The van der Waals surface area contributed by atoms with Crippen molar-refractivity contribution in [3.63, 3.8) is 0 Å². The highest BCUT2D eigenvalue weighted by atomic mass is 35.5. The van der Waals surface area contributed by atoms with E-state index in [1.165, 1.54) is 0 Å². The van der Waals surface area contributed by atoms with Crippen LogP contribution in [0.4, 0.5) is 5.69 Å². The number of anilines is 1. The van der Waals surface area contributed by atoms with E-state index < -0.39 is 0 Å². The number of hydrogen-bond acceptors (Lipinski definition) is 3. The van der Waals surface area contributed by atoms with Crippen molar-refractivity contribution < 1.29 is 14.3 Å². The van der Waals surface area contributed by atoms with Gasteiger partial charge in [-0.25, -0.2) is 0 Å². The summed E-state index contributed by atoms with van der Waals surface area (Å²) in [7, 11) is 1.60. The van der Waals surface area contributed by atoms with Crippen LogP contribution in [0.25, 0.3) is 0 Å². The number of ether oxygens (including phenoxy) is 1. The molecule has 2 amide bonds. The first-order valence-electron chi connectivity index (χ1n) is 7.41. The highest BCUT2D eigenvalue weighted by molar-refractivity contribution is 6.33. The molecule has 1 aromatic carbocycles. The Bertz CT molecular complexity index is 550. The van der Waals surface area contributed by atoms with Gasteiger partial charge in [-0.3, -0.25) is 9.59 Å². The largest absolute Gasteiger partial charge is 0.383 e. The second-order valence-corrected chi connectivity index (χ2v) is 5.83. The molecule has 1 aliphatic heterocycles. The van der Waals surface area contributed by atoms with Crippen LogP contribution in [-0.2, 0) is 14.3 Å². The summed E-state index contributed by atoms with van der Waals surface area (Å²) in [4.78, 5) is 26.1. The van der Waals surface area contributed by atoms with Crippen molar-refractivity contribution >= 4 is 29.1 Å². The number of carbonyl (C=O) groups is 2. The zero-order chi connectivity index (χ0) is 16.1. The van der Waals surface area contributed by atoms with Crippen molar-refractivity contribution in [3.05, 3.63) is 29.3 Å². The smallest absolute Gasteiger partial charge is 0.227 e. The second kappa shape index (κ2) is 7.61. The highest BCUT2D eigenvalue weighted by Gasteiger charge is 2.36. The zero-order valence-corrected chi connectivity index (χ0v) is 13.6. The standard InChI is InChI=1S/C16H21ClN2O3/c1-3-12(10-22-2)18-16(21)11-8-15(20)19(9-11)14-7-5-4-6-13(14)17/h4-7,11-12H,3,8-10H2,1-2H3,(H,18,21). The van der Waals surface area contributed by atoms with Crippen LogP contribution < -0.4 is 10.2 Å². The summed E-state index contributed by atoms with van der Waals surface area (Å²) in [5.41, 5.74) is 0.661. The molecule has 1 aromatic rings.